The topological polar surface area (TPSA) is 42.4 Å². The number of benzene rings is 1. The normalized spacial score (nSPS) is 10.5. The van der Waals surface area contributed by atoms with Gasteiger partial charge in [0.15, 0.2) is 0 Å². The Balaban J connectivity index is 2.07. The maximum atomic E-state index is 12.7. The van der Waals surface area contributed by atoms with Gasteiger partial charge < -0.3 is 9.64 Å². The third kappa shape index (κ3) is 4.57. The molecule has 0 saturated heterocycles. The second kappa shape index (κ2) is 8.48. The molecule has 2 aromatic rings. The number of hydrogen-bond donors (Lipinski definition) is 0. The quantitative estimate of drug-likeness (QED) is 0.784. The van der Waals surface area contributed by atoms with E-state index in [1.54, 1.807) is 19.5 Å². The minimum Gasteiger partial charge on any atom is -0.496 e. The minimum atomic E-state index is 0.134. The van der Waals surface area contributed by atoms with Gasteiger partial charge in [0.05, 0.1) is 13.5 Å². The Morgan fingerprint density at radius 2 is 1.92 bits per heavy atom. The molecule has 24 heavy (non-hydrogen) atoms. The van der Waals surface area contributed by atoms with E-state index in [9.17, 15) is 4.79 Å². The maximum Gasteiger partial charge on any atom is 0.227 e. The smallest absolute Gasteiger partial charge is 0.227 e. The van der Waals surface area contributed by atoms with Gasteiger partial charge in [-0.1, -0.05) is 17.7 Å². The van der Waals surface area contributed by atoms with Crippen LogP contribution in [0.2, 0.25) is 0 Å². The fourth-order valence-electron chi connectivity index (χ4n) is 3.01. The highest BCUT2D eigenvalue weighted by atomic mass is 16.5. The van der Waals surface area contributed by atoms with Gasteiger partial charge in [0.1, 0.15) is 5.75 Å². The van der Waals surface area contributed by atoms with Crippen molar-refractivity contribution in [1.82, 2.24) is 9.88 Å². The molecule has 0 unspecified atom stereocenters. The van der Waals surface area contributed by atoms with Gasteiger partial charge in [-0.25, -0.2) is 0 Å². The average Bonchev–Trinajstić information content (AvgIpc) is 2.56. The van der Waals surface area contributed by atoms with Crippen LogP contribution in [0.4, 0.5) is 0 Å². The Hall–Kier alpha value is -2.36. The van der Waals surface area contributed by atoms with Crippen LogP contribution in [-0.4, -0.2) is 36.0 Å². The molecule has 0 bridgehead atoms. The number of hydrogen-bond acceptors (Lipinski definition) is 3. The Labute approximate surface area is 144 Å². The van der Waals surface area contributed by atoms with E-state index >= 15 is 0 Å². The fourth-order valence-corrected chi connectivity index (χ4v) is 3.01. The van der Waals surface area contributed by atoms with Gasteiger partial charge in [0.25, 0.3) is 0 Å². The summed E-state index contributed by atoms with van der Waals surface area (Å²) in [6.45, 7) is 7.49. The molecule has 0 atom stereocenters. The minimum absolute atomic E-state index is 0.134. The number of amides is 1. The molecule has 2 rings (SSSR count). The Morgan fingerprint density at radius 3 is 2.54 bits per heavy atom. The number of ether oxygens (including phenoxy) is 1. The molecular weight excluding hydrogens is 300 g/mol. The van der Waals surface area contributed by atoms with Crippen molar-refractivity contribution in [2.24, 2.45) is 0 Å². The SMILES string of the molecule is CCN(CCc1ccncc1)C(=O)Cc1cc(C)cc(C)c1OC. The van der Waals surface area contributed by atoms with Crippen molar-refractivity contribution >= 4 is 5.91 Å². The summed E-state index contributed by atoms with van der Waals surface area (Å²) < 4.78 is 5.50. The molecule has 0 aliphatic carbocycles. The lowest BCUT2D eigenvalue weighted by molar-refractivity contribution is -0.130. The van der Waals surface area contributed by atoms with Crippen molar-refractivity contribution in [1.29, 1.82) is 0 Å². The van der Waals surface area contributed by atoms with Crippen LogP contribution in [0.15, 0.2) is 36.7 Å². The second-order valence-electron chi connectivity index (χ2n) is 6.03. The first-order valence-corrected chi connectivity index (χ1v) is 8.36. The summed E-state index contributed by atoms with van der Waals surface area (Å²) in [6.07, 6.45) is 4.78. The van der Waals surface area contributed by atoms with E-state index in [0.717, 1.165) is 28.9 Å². The lowest BCUT2D eigenvalue weighted by atomic mass is 10.0. The van der Waals surface area contributed by atoms with Crippen LogP contribution in [0.1, 0.15) is 29.2 Å². The van der Waals surface area contributed by atoms with Crippen LogP contribution < -0.4 is 4.74 Å². The first kappa shape index (κ1) is 18.0. The first-order chi connectivity index (χ1) is 11.5. The zero-order valence-corrected chi connectivity index (χ0v) is 15.0. The standard InChI is InChI=1S/C20H26N2O2/c1-5-22(11-8-17-6-9-21-10-7-17)19(23)14-18-13-15(2)12-16(3)20(18)24-4/h6-7,9-10,12-13H,5,8,11,14H2,1-4H3. The average molecular weight is 326 g/mol. The number of nitrogens with zero attached hydrogens (tertiary/aromatic N) is 2. The summed E-state index contributed by atoms with van der Waals surface area (Å²) in [6, 6.07) is 8.10. The zero-order valence-electron chi connectivity index (χ0n) is 15.0. The third-order valence-electron chi connectivity index (χ3n) is 4.20. The maximum absolute atomic E-state index is 12.7. The van der Waals surface area contributed by atoms with Gasteiger partial charge in [0.2, 0.25) is 5.91 Å². The summed E-state index contributed by atoms with van der Waals surface area (Å²) in [5, 5.41) is 0. The van der Waals surface area contributed by atoms with E-state index in [1.807, 2.05) is 43.9 Å². The summed E-state index contributed by atoms with van der Waals surface area (Å²) in [5.41, 5.74) is 4.37. The number of carbonyl (C=O) groups is 1. The lowest BCUT2D eigenvalue weighted by Gasteiger charge is -2.22. The molecule has 1 aromatic heterocycles. The van der Waals surface area contributed by atoms with Crippen LogP contribution in [0.25, 0.3) is 0 Å². The van der Waals surface area contributed by atoms with Gasteiger partial charge >= 0.3 is 0 Å². The molecule has 0 aliphatic heterocycles. The molecular formula is C20H26N2O2. The molecule has 128 valence electrons. The van der Waals surface area contributed by atoms with Crippen LogP contribution in [0.3, 0.4) is 0 Å². The number of methoxy groups -OCH3 is 1. The molecule has 0 saturated carbocycles. The molecule has 0 radical (unpaired) electrons. The highest BCUT2D eigenvalue weighted by molar-refractivity contribution is 5.79. The van der Waals surface area contributed by atoms with Gasteiger partial charge in [-0.15, -0.1) is 0 Å². The molecule has 0 N–H and O–H groups in total. The molecule has 0 spiro atoms. The number of aryl methyl sites for hydroxylation is 2. The summed E-state index contributed by atoms with van der Waals surface area (Å²) >= 11 is 0. The predicted molar refractivity (Wildman–Crippen MR) is 96.4 cm³/mol. The molecule has 4 nitrogen and oxygen atoms in total. The summed E-state index contributed by atoms with van der Waals surface area (Å²) in [7, 11) is 1.66. The van der Waals surface area contributed by atoms with Gasteiger partial charge in [-0.3, -0.25) is 9.78 Å². The Kier molecular flexibility index (Phi) is 6.36. The largest absolute Gasteiger partial charge is 0.496 e. The van der Waals surface area contributed by atoms with Crippen LogP contribution in [0, 0.1) is 13.8 Å². The molecule has 0 fully saturated rings. The highest BCUT2D eigenvalue weighted by Crippen LogP contribution is 2.26. The number of pyridine rings is 1. The Bertz CT molecular complexity index is 684. The van der Waals surface area contributed by atoms with Crippen molar-refractivity contribution in [2.45, 2.75) is 33.6 Å². The number of aromatic nitrogens is 1. The van der Waals surface area contributed by atoms with Gasteiger partial charge in [-0.2, -0.15) is 0 Å². The Morgan fingerprint density at radius 1 is 1.21 bits per heavy atom. The molecule has 1 amide bonds. The number of carbonyl (C=O) groups excluding carboxylic acids is 1. The fraction of sp³-hybridized carbons (Fsp3) is 0.400. The van der Waals surface area contributed by atoms with E-state index in [2.05, 4.69) is 11.1 Å². The summed E-state index contributed by atoms with van der Waals surface area (Å²) in [5.74, 6) is 0.953. The molecule has 1 heterocycles. The van der Waals surface area contributed by atoms with Gasteiger partial charge in [0, 0.05) is 31.0 Å². The zero-order chi connectivity index (χ0) is 17.5. The van der Waals surface area contributed by atoms with Crippen molar-refractivity contribution < 1.29 is 9.53 Å². The number of rotatable bonds is 7. The van der Waals surface area contributed by atoms with Gasteiger partial charge in [-0.05, 0) is 50.5 Å². The van der Waals surface area contributed by atoms with Crippen LogP contribution >= 0.6 is 0 Å². The van der Waals surface area contributed by atoms with E-state index in [-0.39, 0.29) is 5.91 Å². The predicted octanol–water partition coefficient (Wildman–Crippen LogP) is 3.34. The molecule has 1 aromatic carbocycles. The van der Waals surface area contributed by atoms with E-state index in [4.69, 9.17) is 4.74 Å². The molecule has 0 aliphatic rings. The highest BCUT2D eigenvalue weighted by Gasteiger charge is 2.16. The summed E-state index contributed by atoms with van der Waals surface area (Å²) in [4.78, 5) is 18.6. The van der Waals surface area contributed by atoms with Crippen LogP contribution in [0.5, 0.6) is 5.75 Å². The second-order valence-corrected chi connectivity index (χ2v) is 6.03. The van der Waals surface area contributed by atoms with Crippen molar-refractivity contribution in [3.05, 3.63) is 58.9 Å². The van der Waals surface area contributed by atoms with E-state index < -0.39 is 0 Å². The monoisotopic (exact) mass is 326 g/mol. The van der Waals surface area contributed by atoms with Crippen molar-refractivity contribution in [2.75, 3.05) is 20.2 Å². The first-order valence-electron chi connectivity index (χ1n) is 8.36. The van der Waals surface area contributed by atoms with Crippen LogP contribution in [-0.2, 0) is 17.6 Å². The molecule has 4 heteroatoms. The van der Waals surface area contributed by atoms with E-state index in [1.165, 1.54) is 5.56 Å². The van der Waals surface area contributed by atoms with Crippen molar-refractivity contribution in [3.63, 3.8) is 0 Å². The number of likely N-dealkylation sites (N-methyl/N-ethyl adjacent to an activating group) is 1. The van der Waals surface area contributed by atoms with E-state index in [0.29, 0.717) is 19.5 Å². The van der Waals surface area contributed by atoms with Crippen molar-refractivity contribution in [3.8, 4) is 5.75 Å². The lowest BCUT2D eigenvalue weighted by Crippen LogP contribution is -2.34. The third-order valence-corrected chi connectivity index (χ3v) is 4.20.